The van der Waals surface area contributed by atoms with Crippen molar-refractivity contribution in [3.05, 3.63) is 29.6 Å². The summed E-state index contributed by atoms with van der Waals surface area (Å²) in [6.45, 7) is 10.1. The lowest BCUT2D eigenvalue weighted by molar-refractivity contribution is 0.00673. The van der Waals surface area contributed by atoms with Gasteiger partial charge in [0.1, 0.15) is 5.82 Å². The summed E-state index contributed by atoms with van der Waals surface area (Å²) < 4.78 is 31.3. The Morgan fingerprint density at radius 2 is 2.03 bits per heavy atom. The number of aromatic nitrogens is 2. The predicted octanol–water partition coefficient (Wildman–Crippen LogP) is 1.79. The van der Waals surface area contributed by atoms with Crippen LogP contribution in [0.3, 0.4) is 0 Å². The third-order valence-electron chi connectivity index (χ3n) is 6.46. The van der Waals surface area contributed by atoms with Crippen molar-refractivity contribution < 1.29 is 17.9 Å². The maximum atomic E-state index is 12.9. The molecule has 1 amide bonds. The second-order valence-corrected chi connectivity index (χ2v) is 11.2. The first-order valence-corrected chi connectivity index (χ1v) is 12.9. The molecule has 2 saturated heterocycles. The van der Waals surface area contributed by atoms with Crippen LogP contribution in [0.25, 0.3) is 11.0 Å². The number of hydrogen-bond acceptors (Lipinski definition) is 6. The Labute approximate surface area is 183 Å². The van der Waals surface area contributed by atoms with E-state index in [-0.39, 0.29) is 29.5 Å². The molecular weight excluding hydrogens is 416 g/mol. The third-order valence-corrected chi connectivity index (χ3v) is 8.21. The highest BCUT2D eigenvalue weighted by Crippen LogP contribution is 2.29. The van der Waals surface area contributed by atoms with Gasteiger partial charge >= 0.3 is 0 Å². The predicted molar refractivity (Wildman–Crippen MR) is 120 cm³/mol. The Hall–Kier alpha value is -1.97. The van der Waals surface area contributed by atoms with Gasteiger partial charge in [0.2, 0.25) is 0 Å². The first kappa shape index (κ1) is 22.2. The van der Waals surface area contributed by atoms with Crippen LogP contribution in [-0.4, -0.2) is 79.2 Å². The van der Waals surface area contributed by atoms with Gasteiger partial charge in [0, 0.05) is 31.2 Å². The Morgan fingerprint density at radius 3 is 2.68 bits per heavy atom. The number of rotatable bonds is 6. The van der Waals surface area contributed by atoms with Gasteiger partial charge in [-0.15, -0.1) is 0 Å². The molecule has 0 unspecified atom stereocenters. The van der Waals surface area contributed by atoms with Crippen molar-refractivity contribution in [1.29, 1.82) is 0 Å². The summed E-state index contributed by atoms with van der Waals surface area (Å²) in [6, 6.07) is 5.67. The second kappa shape index (κ2) is 8.88. The minimum absolute atomic E-state index is 0.0880. The van der Waals surface area contributed by atoms with Crippen LogP contribution in [0.1, 0.15) is 42.5 Å². The molecule has 0 aliphatic carbocycles. The Morgan fingerprint density at radius 1 is 1.29 bits per heavy atom. The maximum Gasteiger partial charge on any atom is 0.251 e. The molecule has 31 heavy (non-hydrogen) atoms. The average Bonchev–Trinajstić information content (AvgIpc) is 3.25. The lowest BCUT2D eigenvalue weighted by Gasteiger charge is -2.36. The molecule has 1 aromatic carbocycles. The number of fused-ring (bicyclic) bond motifs is 1. The number of imidazole rings is 1. The van der Waals surface area contributed by atoms with Gasteiger partial charge in [-0.3, -0.25) is 9.69 Å². The summed E-state index contributed by atoms with van der Waals surface area (Å²) in [4.78, 5) is 19.9. The van der Waals surface area contributed by atoms with E-state index in [2.05, 4.69) is 29.0 Å². The number of aryl methyl sites for hydroxylation is 1. The van der Waals surface area contributed by atoms with Crippen LogP contribution < -0.4 is 5.32 Å². The van der Waals surface area contributed by atoms with Crippen LogP contribution in [0.15, 0.2) is 18.2 Å². The van der Waals surface area contributed by atoms with Gasteiger partial charge in [-0.25, -0.2) is 13.4 Å². The number of ether oxygens (including phenoxy) is 1. The summed E-state index contributed by atoms with van der Waals surface area (Å²) in [5.41, 5.74) is 2.17. The second-order valence-electron chi connectivity index (χ2n) is 8.96. The molecule has 4 rings (SSSR count). The first-order valence-electron chi connectivity index (χ1n) is 11.0. The summed E-state index contributed by atoms with van der Waals surface area (Å²) >= 11 is 0. The molecule has 8 nitrogen and oxygen atoms in total. The van der Waals surface area contributed by atoms with E-state index in [9.17, 15) is 13.2 Å². The van der Waals surface area contributed by atoms with E-state index in [1.807, 2.05) is 17.6 Å². The highest BCUT2D eigenvalue weighted by atomic mass is 32.2. The SMILES string of the molecule is Cc1nc2cc(C(=O)NC[C@H](C(C)C)N3CCOCC3)ccc2n1[C@H]1CCS(=O)(=O)C1. The number of benzene rings is 1. The normalized spacial score (nSPS) is 22.8. The van der Waals surface area contributed by atoms with Crippen molar-refractivity contribution in [1.82, 2.24) is 19.8 Å². The van der Waals surface area contributed by atoms with E-state index in [1.165, 1.54) is 0 Å². The minimum atomic E-state index is -2.99. The quantitative estimate of drug-likeness (QED) is 0.724. The Bertz CT molecular complexity index is 1060. The molecule has 9 heteroatoms. The minimum Gasteiger partial charge on any atom is -0.379 e. The highest BCUT2D eigenvalue weighted by molar-refractivity contribution is 7.91. The summed E-state index contributed by atoms with van der Waals surface area (Å²) in [7, 11) is -2.99. The van der Waals surface area contributed by atoms with Gasteiger partial charge in [-0.2, -0.15) is 0 Å². The van der Waals surface area contributed by atoms with E-state index in [0.29, 0.717) is 24.4 Å². The molecular formula is C22H32N4O4S. The first-order chi connectivity index (χ1) is 14.7. The van der Waals surface area contributed by atoms with Crippen LogP contribution in [0.5, 0.6) is 0 Å². The standard InChI is InChI=1S/C22H32N4O4S/c1-15(2)21(25-7-9-30-10-8-25)13-23-22(27)17-4-5-20-19(12-17)24-16(3)26(20)18-6-11-31(28,29)14-18/h4-5,12,15,18,21H,6-11,13-14H2,1-3H3,(H,23,27)/t18-,21+/m0/s1. The van der Waals surface area contributed by atoms with Gasteiger partial charge in [0.15, 0.2) is 9.84 Å². The van der Waals surface area contributed by atoms with Crippen LogP contribution >= 0.6 is 0 Å². The zero-order valence-corrected chi connectivity index (χ0v) is 19.3. The van der Waals surface area contributed by atoms with Gasteiger partial charge in [0.25, 0.3) is 5.91 Å². The van der Waals surface area contributed by atoms with Crippen LogP contribution in [0.4, 0.5) is 0 Å². The largest absolute Gasteiger partial charge is 0.379 e. The zero-order valence-electron chi connectivity index (χ0n) is 18.5. The van der Waals surface area contributed by atoms with Crippen molar-refractivity contribution in [3.8, 4) is 0 Å². The number of nitrogens with zero attached hydrogens (tertiary/aromatic N) is 3. The lowest BCUT2D eigenvalue weighted by Crippen LogP contribution is -2.51. The molecule has 2 aliphatic heterocycles. The fourth-order valence-corrected chi connectivity index (χ4v) is 6.50. The number of morpholine rings is 1. The highest BCUT2D eigenvalue weighted by Gasteiger charge is 2.31. The smallest absolute Gasteiger partial charge is 0.251 e. The number of hydrogen-bond donors (Lipinski definition) is 1. The third kappa shape index (κ3) is 4.78. The van der Waals surface area contributed by atoms with Gasteiger partial charge < -0.3 is 14.6 Å². The van der Waals surface area contributed by atoms with Crippen molar-refractivity contribution in [2.24, 2.45) is 5.92 Å². The molecule has 2 atom stereocenters. The monoisotopic (exact) mass is 448 g/mol. The number of carbonyl (C=O) groups excluding carboxylic acids is 1. The summed E-state index contributed by atoms with van der Waals surface area (Å²) in [5, 5.41) is 3.09. The van der Waals surface area contributed by atoms with Crippen molar-refractivity contribution >= 4 is 26.8 Å². The van der Waals surface area contributed by atoms with Gasteiger partial charge in [-0.1, -0.05) is 13.8 Å². The van der Waals surface area contributed by atoms with E-state index in [0.717, 1.165) is 43.2 Å². The zero-order chi connectivity index (χ0) is 22.2. The van der Waals surface area contributed by atoms with Crippen LogP contribution in [0, 0.1) is 12.8 Å². The van der Waals surface area contributed by atoms with Crippen molar-refractivity contribution in [2.75, 3.05) is 44.4 Å². The molecule has 0 radical (unpaired) electrons. The topological polar surface area (TPSA) is 93.5 Å². The fourth-order valence-electron chi connectivity index (χ4n) is 4.80. The fraction of sp³-hybridized carbons (Fsp3) is 0.636. The summed E-state index contributed by atoms with van der Waals surface area (Å²) in [6.07, 6.45) is 0.606. The molecule has 0 saturated carbocycles. The average molecular weight is 449 g/mol. The molecule has 3 heterocycles. The number of amides is 1. The van der Waals surface area contributed by atoms with E-state index >= 15 is 0 Å². The van der Waals surface area contributed by atoms with Crippen LogP contribution in [-0.2, 0) is 14.6 Å². The van der Waals surface area contributed by atoms with Crippen molar-refractivity contribution in [2.45, 2.75) is 39.3 Å². The van der Waals surface area contributed by atoms with E-state index < -0.39 is 9.84 Å². The molecule has 1 aromatic heterocycles. The molecule has 2 aliphatic rings. The van der Waals surface area contributed by atoms with E-state index in [1.54, 1.807) is 12.1 Å². The van der Waals surface area contributed by atoms with Gasteiger partial charge in [-0.05, 0) is 37.5 Å². The molecule has 0 bridgehead atoms. The Balaban J connectivity index is 1.48. The number of carbonyl (C=O) groups is 1. The summed E-state index contributed by atoms with van der Waals surface area (Å²) in [5.74, 6) is 1.46. The molecule has 0 spiro atoms. The van der Waals surface area contributed by atoms with Gasteiger partial charge in [0.05, 0.1) is 41.8 Å². The lowest BCUT2D eigenvalue weighted by atomic mass is 10.0. The molecule has 1 N–H and O–H groups in total. The van der Waals surface area contributed by atoms with E-state index in [4.69, 9.17) is 4.74 Å². The number of sulfone groups is 1. The molecule has 2 aromatic rings. The number of nitrogens with one attached hydrogen (secondary N) is 1. The maximum absolute atomic E-state index is 12.9. The van der Waals surface area contributed by atoms with Crippen molar-refractivity contribution in [3.63, 3.8) is 0 Å². The molecule has 170 valence electrons. The van der Waals surface area contributed by atoms with Crippen LogP contribution in [0.2, 0.25) is 0 Å². The molecule has 2 fully saturated rings. The Kier molecular flexibility index (Phi) is 6.37.